The molecule has 3 amide bonds. The molecule has 0 bridgehead atoms. The van der Waals surface area contributed by atoms with Gasteiger partial charge in [-0.25, -0.2) is 4.79 Å². The van der Waals surface area contributed by atoms with Gasteiger partial charge in [0.15, 0.2) is 0 Å². The van der Waals surface area contributed by atoms with Gasteiger partial charge in [0.1, 0.15) is 0 Å². The van der Waals surface area contributed by atoms with E-state index in [1.54, 1.807) is 12.1 Å². The molecule has 5 nitrogen and oxygen atoms in total. The second-order valence-electron chi connectivity index (χ2n) is 6.11. The summed E-state index contributed by atoms with van der Waals surface area (Å²) >= 11 is 0. The highest BCUT2D eigenvalue weighted by atomic mass is 16.2. The van der Waals surface area contributed by atoms with E-state index >= 15 is 0 Å². The van der Waals surface area contributed by atoms with E-state index in [9.17, 15) is 9.59 Å². The molecule has 1 saturated carbocycles. The van der Waals surface area contributed by atoms with Crippen molar-refractivity contribution in [3.63, 3.8) is 0 Å². The van der Waals surface area contributed by atoms with Gasteiger partial charge in [-0.05, 0) is 43.4 Å². The van der Waals surface area contributed by atoms with E-state index in [2.05, 4.69) is 10.6 Å². The van der Waals surface area contributed by atoms with Crippen molar-refractivity contribution < 1.29 is 9.59 Å². The van der Waals surface area contributed by atoms with Crippen LogP contribution < -0.4 is 16.4 Å². The van der Waals surface area contributed by atoms with Gasteiger partial charge in [0.2, 0.25) is 5.91 Å². The monoisotopic (exact) mass is 303 g/mol. The summed E-state index contributed by atoms with van der Waals surface area (Å²) in [5, 5.41) is 5.57. The molecule has 4 N–H and O–H groups in total. The summed E-state index contributed by atoms with van der Waals surface area (Å²) in [5.41, 5.74) is 6.73. The van der Waals surface area contributed by atoms with E-state index in [1.165, 1.54) is 32.1 Å². The first kappa shape index (κ1) is 16.3. The number of benzene rings is 1. The zero-order valence-electron chi connectivity index (χ0n) is 13.1. The van der Waals surface area contributed by atoms with E-state index in [0.29, 0.717) is 18.0 Å². The van der Waals surface area contributed by atoms with Crippen LogP contribution in [-0.4, -0.2) is 11.9 Å². The fourth-order valence-electron chi connectivity index (χ4n) is 3.03. The van der Waals surface area contributed by atoms with Crippen LogP contribution in [0, 0.1) is 5.92 Å². The van der Waals surface area contributed by atoms with Gasteiger partial charge in [-0.3, -0.25) is 4.79 Å². The highest BCUT2D eigenvalue weighted by Crippen LogP contribution is 2.26. The molecule has 2 rings (SSSR count). The number of anilines is 1. The molecule has 0 aliphatic heterocycles. The maximum Gasteiger partial charge on any atom is 0.316 e. The Labute approximate surface area is 131 Å². The summed E-state index contributed by atoms with van der Waals surface area (Å²) < 4.78 is 0. The molecule has 0 spiro atoms. The number of hydrogen-bond donors (Lipinski definition) is 3. The Morgan fingerprint density at radius 1 is 1.18 bits per heavy atom. The Morgan fingerprint density at radius 3 is 2.41 bits per heavy atom. The molecule has 0 unspecified atom stereocenters. The maximum atomic E-state index is 12.1. The summed E-state index contributed by atoms with van der Waals surface area (Å²) in [5.74, 6) is 0.668. The number of rotatable bonds is 5. The largest absolute Gasteiger partial charge is 0.351 e. The van der Waals surface area contributed by atoms with Gasteiger partial charge in [0.05, 0.1) is 6.04 Å². The molecule has 22 heavy (non-hydrogen) atoms. The van der Waals surface area contributed by atoms with Crippen molar-refractivity contribution in [2.24, 2.45) is 11.7 Å². The van der Waals surface area contributed by atoms with Crippen LogP contribution >= 0.6 is 0 Å². The first-order valence-electron chi connectivity index (χ1n) is 8.00. The summed E-state index contributed by atoms with van der Waals surface area (Å²) in [6, 6.07) is 6.71. The van der Waals surface area contributed by atoms with Gasteiger partial charge in [-0.1, -0.05) is 31.4 Å². The number of urea groups is 1. The number of amides is 3. The van der Waals surface area contributed by atoms with E-state index in [4.69, 9.17) is 5.73 Å². The molecule has 1 aliphatic carbocycles. The van der Waals surface area contributed by atoms with Crippen molar-refractivity contribution >= 4 is 17.6 Å². The van der Waals surface area contributed by atoms with Gasteiger partial charge in [-0.15, -0.1) is 0 Å². The average Bonchev–Trinajstić information content (AvgIpc) is 2.48. The van der Waals surface area contributed by atoms with Crippen molar-refractivity contribution in [1.82, 2.24) is 5.32 Å². The maximum absolute atomic E-state index is 12.1. The van der Waals surface area contributed by atoms with Gasteiger partial charge in [0, 0.05) is 12.1 Å². The first-order valence-corrected chi connectivity index (χ1v) is 8.00. The van der Waals surface area contributed by atoms with Crippen LogP contribution in [0.5, 0.6) is 0 Å². The topological polar surface area (TPSA) is 84.2 Å². The second-order valence-corrected chi connectivity index (χ2v) is 6.11. The van der Waals surface area contributed by atoms with Crippen LogP contribution in [0.3, 0.4) is 0 Å². The zero-order chi connectivity index (χ0) is 15.9. The van der Waals surface area contributed by atoms with Crippen LogP contribution in [-0.2, 0) is 4.79 Å². The molecular weight excluding hydrogens is 278 g/mol. The highest BCUT2D eigenvalue weighted by molar-refractivity contribution is 5.87. The first-order chi connectivity index (χ1) is 10.5. The van der Waals surface area contributed by atoms with Gasteiger partial charge in [0.25, 0.3) is 0 Å². The second kappa shape index (κ2) is 7.82. The normalized spacial score (nSPS) is 16.8. The standard InChI is InChI=1S/C17H25N3O2/c1-12(14-7-9-15(10-8-14)20-17(18)22)19-16(21)11-13-5-3-2-4-6-13/h7-10,12-13H,2-6,11H2,1H3,(H,19,21)(H3,18,20,22)/t12-/m0/s1. The van der Waals surface area contributed by atoms with Crippen LogP contribution in [0.25, 0.3) is 0 Å². The Bertz CT molecular complexity index is 507. The van der Waals surface area contributed by atoms with Crippen molar-refractivity contribution in [3.8, 4) is 0 Å². The Hall–Kier alpha value is -2.04. The van der Waals surface area contributed by atoms with Crippen LogP contribution in [0.15, 0.2) is 24.3 Å². The van der Waals surface area contributed by atoms with E-state index < -0.39 is 6.03 Å². The molecule has 0 radical (unpaired) electrons. The molecular formula is C17H25N3O2. The number of nitrogens with two attached hydrogens (primary N) is 1. The Morgan fingerprint density at radius 2 is 1.82 bits per heavy atom. The fraction of sp³-hybridized carbons (Fsp3) is 0.529. The molecule has 1 atom stereocenters. The van der Waals surface area contributed by atoms with Crippen molar-refractivity contribution in [2.75, 3.05) is 5.32 Å². The highest BCUT2D eigenvalue weighted by Gasteiger charge is 2.18. The molecule has 0 heterocycles. The van der Waals surface area contributed by atoms with Gasteiger partial charge >= 0.3 is 6.03 Å². The van der Waals surface area contributed by atoms with Gasteiger partial charge in [-0.2, -0.15) is 0 Å². The third-order valence-electron chi connectivity index (χ3n) is 4.25. The summed E-state index contributed by atoms with van der Waals surface area (Å²) in [6.45, 7) is 1.97. The van der Waals surface area contributed by atoms with E-state index in [0.717, 1.165) is 5.56 Å². The minimum absolute atomic E-state index is 0.0429. The molecule has 5 heteroatoms. The van der Waals surface area contributed by atoms with Crippen molar-refractivity contribution in [1.29, 1.82) is 0 Å². The van der Waals surface area contributed by atoms with Crippen molar-refractivity contribution in [3.05, 3.63) is 29.8 Å². The van der Waals surface area contributed by atoms with Gasteiger partial charge < -0.3 is 16.4 Å². The molecule has 1 fully saturated rings. The lowest BCUT2D eigenvalue weighted by Crippen LogP contribution is -2.29. The van der Waals surface area contributed by atoms with Crippen molar-refractivity contribution in [2.45, 2.75) is 51.5 Å². The summed E-state index contributed by atoms with van der Waals surface area (Å²) in [7, 11) is 0. The molecule has 0 saturated heterocycles. The average molecular weight is 303 g/mol. The van der Waals surface area contributed by atoms with Crippen LogP contribution in [0.4, 0.5) is 10.5 Å². The third-order valence-corrected chi connectivity index (χ3v) is 4.25. The van der Waals surface area contributed by atoms with Crippen LogP contribution in [0.1, 0.15) is 57.1 Å². The number of hydrogen-bond acceptors (Lipinski definition) is 2. The molecule has 1 aliphatic rings. The third kappa shape index (κ3) is 5.06. The predicted molar refractivity (Wildman–Crippen MR) is 87.4 cm³/mol. The Kier molecular flexibility index (Phi) is 5.81. The zero-order valence-corrected chi connectivity index (χ0v) is 13.1. The lowest BCUT2D eigenvalue weighted by molar-refractivity contribution is -0.122. The molecule has 1 aromatic rings. The fourth-order valence-corrected chi connectivity index (χ4v) is 3.03. The van der Waals surface area contributed by atoms with Crippen LogP contribution in [0.2, 0.25) is 0 Å². The summed E-state index contributed by atoms with van der Waals surface area (Å²) in [4.78, 5) is 22.9. The number of primary amides is 1. The molecule has 0 aromatic heterocycles. The molecule has 120 valence electrons. The predicted octanol–water partition coefficient (Wildman–Crippen LogP) is 3.32. The number of carbonyl (C=O) groups excluding carboxylic acids is 2. The minimum Gasteiger partial charge on any atom is -0.351 e. The SMILES string of the molecule is C[C@H](NC(=O)CC1CCCCC1)c1ccc(NC(N)=O)cc1. The van der Waals surface area contributed by atoms with E-state index in [1.807, 2.05) is 19.1 Å². The lowest BCUT2D eigenvalue weighted by Gasteiger charge is -2.22. The number of nitrogens with one attached hydrogen (secondary N) is 2. The van der Waals surface area contributed by atoms with E-state index in [-0.39, 0.29) is 11.9 Å². The lowest BCUT2D eigenvalue weighted by atomic mass is 9.87. The summed E-state index contributed by atoms with van der Waals surface area (Å²) in [6.07, 6.45) is 6.79. The number of carbonyl (C=O) groups is 2. The Balaban J connectivity index is 1.83. The quantitative estimate of drug-likeness (QED) is 0.779. The molecule has 1 aromatic carbocycles. The minimum atomic E-state index is -0.582. The smallest absolute Gasteiger partial charge is 0.316 e.